The number of nitrogens with one attached hydrogen (secondary N) is 4. The Balaban J connectivity index is 1.37. The Morgan fingerprint density at radius 2 is 1.85 bits per heavy atom. The second-order valence-corrected chi connectivity index (χ2v) is 12.7. The summed E-state index contributed by atoms with van der Waals surface area (Å²) < 4.78 is 1.22. The van der Waals surface area contributed by atoms with E-state index in [1.165, 1.54) is 36.0 Å². The van der Waals surface area contributed by atoms with Crippen LogP contribution >= 0.6 is 34.9 Å². The second-order valence-electron chi connectivity index (χ2n) is 9.81. The van der Waals surface area contributed by atoms with Crippen LogP contribution in [0.5, 0.6) is 0 Å². The molecule has 2 atom stereocenters. The quantitative estimate of drug-likeness (QED) is 0.0385. The topological polar surface area (TPSA) is 284 Å². The molecule has 6 N–H and O–H groups in total. The maximum atomic E-state index is 13.2. The second kappa shape index (κ2) is 15.7. The summed E-state index contributed by atoms with van der Waals surface area (Å²) in [6, 6.07) is -1.12. The van der Waals surface area contributed by atoms with Crippen LogP contribution in [0.15, 0.2) is 36.6 Å². The van der Waals surface area contributed by atoms with Gasteiger partial charge in [0, 0.05) is 43.3 Å². The number of carboxylic acids is 2. The number of thiazole rings is 1. The number of nitrogens with zero attached hydrogens (tertiary/aromatic N) is 5. The van der Waals surface area contributed by atoms with Crippen LogP contribution in [-0.2, 0) is 40.7 Å². The van der Waals surface area contributed by atoms with Gasteiger partial charge in [0.15, 0.2) is 16.0 Å². The van der Waals surface area contributed by atoms with E-state index in [1.54, 1.807) is 0 Å². The lowest BCUT2D eigenvalue weighted by Crippen LogP contribution is -2.71. The first-order chi connectivity index (χ1) is 22.8. The normalized spacial score (nSPS) is 17.2. The summed E-state index contributed by atoms with van der Waals surface area (Å²) in [5.41, 5.74) is -2.14. The fourth-order valence-corrected chi connectivity index (χ4v) is 7.40. The molecule has 0 saturated carbocycles. The van der Waals surface area contributed by atoms with Gasteiger partial charge >= 0.3 is 23.1 Å². The molecular weight excluding hydrogens is 699 g/mol. The van der Waals surface area contributed by atoms with Gasteiger partial charge in [-0.05, 0) is 5.57 Å². The number of aryl methyl sites for hydroxylation is 1. The minimum Gasteiger partial charge on any atom is -0.481 e. The van der Waals surface area contributed by atoms with Gasteiger partial charge in [0.25, 0.3) is 11.8 Å². The molecule has 2 aliphatic heterocycles. The number of carboxylic acid groups (broad SMARTS) is 2. The van der Waals surface area contributed by atoms with Crippen LogP contribution in [0.4, 0.5) is 5.13 Å². The Labute approximate surface area is 281 Å². The molecule has 2 aliphatic rings. The lowest BCUT2D eigenvalue weighted by molar-refractivity contribution is -0.150. The molecule has 0 aromatic carbocycles. The highest BCUT2D eigenvalue weighted by Crippen LogP contribution is 2.41. The van der Waals surface area contributed by atoms with Gasteiger partial charge in [-0.25, -0.2) is 9.78 Å². The third-order valence-corrected chi connectivity index (χ3v) is 9.70. The van der Waals surface area contributed by atoms with Crippen molar-refractivity contribution in [2.45, 2.75) is 35.8 Å². The van der Waals surface area contributed by atoms with Crippen molar-refractivity contribution >= 4 is 81.3 Å². The SMILES string of the molecule is CO/N=C(\C(=O)N[C@@H]1C(=O)N2C(C(=O)O)=C(CSc3nc(=O)c(=O)[nH]n3C)CS[C@H]12)c1csc(NC(=O)CCC(=O)NCCC(=O)O)n1. The van der Waals surface area contributed by atoms with Gasteiger partial charge in [0.05, 0.1) is 6.42 Å². The first kappa shape index (κ1) is 35.8. The van der Waals surface area contributed by atoms with Gasteiger partial charge in [-0.3, -0.25) is 48.2 Å². The number of β-lactam (4-membered cyclic amide) rings is 1. The molecule has 1 saturated heterocycles. The molecule has 0 aliphatic carbocycles. The average molecular weight is 726 g/mol. The van der Waals surface area contributed by atoms with E-state index in [0.717, 1.165) is 28.0 Å². The van der Waals surface area contributed by atoms with Crippen LogP contribution < -0.4 is 27.1 Å². The molecule has 2 aromatic rings. The number of aliphatic carboxylic acids is 2. The van der Waals surface area contributed by atoms with Gasteiger partial charge in [0.1, 0.15) is 29.9 Å². The number of carbonyl (C=O) groups excluding carboxylic acids is 4. The van der Waals surface area contributed by atoms with Gasteiger partial charge < -0.3 is 31.0 Å². The minimum atomic E-state index is -1.37. The molecule has 20 nitrogen and oxygen atoms in total. The number of oxime groups is 1. The number of aromatic amines is 1. The number of hydrogen-bond donors (Lipinski definition) is 6. The van der Waals surface area contributed by atoms with Crippen molar-refractivity contribution in [3.63, 3.8) is 0 Å². The molecule has 0 unspecified atom stereocenters. The molecule has 4 heterocycles. The van der Waals surface area contributed by atoms with Crippen molar-refractivity contribution in [2.75, 3.05) is 30.5 Å². The monoisotopic (exact) mass is 725 g/mol. The van der Waals surface area contributed by atoms with E-state index in [9.17, 15) is 43.5 Å². The number of anilines is 1. The predicted octanol–water partition coefficient (Wildman–Crippen LogP) is -1.88. The Morgan fingerprint density at radius 1 is 1.12 bits per heavy atom. The molecule has 4 rings (SSSR count). The van der Waals surface area contributed by atoms with E-state index >= 15 is 0 Å². The summed E-state index contributed by atoms with van der Waals surface area (Å²) in [6.45, 7) is -0.0711. The third-order valence-electron chi connectivity index (χ3n) is 6.49. The van der Waals surface area contributed by atoms with Crippen LogP contribution in [-0.4, -0.2) is 113 Å². The zero-order chi connectivity index (χ0) is 35.1. The van der Waals surface area contributed by atoms with E-state index in [-0.39, 0.29) is 64.7 Å². The van der Waals surface area contributed by atoms with Crippen LogP contribution in [0.3, 0.4) is 0 Å². The molecule has 256 valence electrons. The fraction of sp³-hybridized carbons (Fsp3) is 0.400. The number of fused-ring (bicyclic) bond motifs is 1. The summed E-state index contributed by atoms with van der Waals surface area (Å²) in [5, 5.41) is 32.8. The lowest BCUT2D eigenvalue weighted by atomic mass is 10.0. The number of hydrogen-bond acceptors (Lipinski definition) is 15. The first-order valence-electron chi connectivity index (χ1n) is 13.7. The van der Waals surface area contributed by atoms with Crippen LogP contribution in [0.25, 0.3) is 0 Å². The summed E-state index contributed by atoms with van der Waals surface area (Å²) in [5.74, 6) is -4.84. The van der Waals surface area contributed by atoms with Crippen molar-refractivity contribution in [2.24, 2.45) is 12.2 Å². The van der Waals surface area contributed by atoms with E-state index in [0.29, 0.717) is 5.57 Å². The third kappa shape index (κ3) is 8.46. The Morgan fingerprint density at radius 3 is 2.54 bits per heavy atom. The smallest absolute Gasteiger partial charge is 0.352 e. The zero-order valence-electron chi connectivity index (χ0n) is 25.0. The lowest BCUT2D eigenvalue weighted by Gasteiger charge is -2.49. The molecule has 2 aromatic heterocycles. The summed E-state index contributed by atoms with van der Waals surface area (Å²) >= 11 is 3.16. The Bertz CT molecular complexity index is 1830. The van der Waals surface area contributed by atoms with Gasteiger partial charge in [0.2, 0.25) is 11.8 Å². The Kier molecular flexibility index (Phi) is 11.7. The van der Waals surface area contributed by atoms with Crippen molar-refractivity contribution in [1.82, 2.24) is 35.3 Å². The van der Waals surface area contributed by atoms with Gasteiger partial charge in [-0.1, -0.05) is 16.9 Å². The number of carbonyl (C=O) groups is 6. The van der Waals surface area contributed by atoms with Crippen molar-refractivity contribution in [1.29, 1.82) is 0 Å². The Hall–Kier alpha value is -5.03. The van der Waals surface area contributed by atoms with Crippen LogP contribution in [0, 0.1) is 0 Å². The highest BCUT2D eigenvalue weighted by atomic mass is 32.2. The first-order valence-corrected chi connectivity index (χ1v) is 16.6. The van der Waals surface area contributed by atoms with E-state index in [2.05, 4.69) is 36.2 Å². The zero-order valence-corrected chi connectivity index (χ0v) is 27.5. The van der Waals surface area contributed by atoms with Gasteiger partial charge in [-0.2, -0.15) is 4.98 Å². The summed E-state index contributed by atoms with van der Waals surface area (Å²) in [7, 11) is 2.64. The number of aromatic nitrogens is 4. The van der Waals surface area contributed by atoms with E-state index < -0.39 is 58.1 Å². The summed E-state index contributed by atoms with van der Waals surface area (Å²) in [4.78, 5) is 110. The molecule has 0 radical (unpaired) electrons. The molecule has 48 heavy (non-hydrogen) atoms. The fourth-order valence-electron chi connectivity index (χ4n) is 4.29. The number of amides is 4. The average Bonchev–Trinajstić information content (AvgIpc) is 3.49. The molecule has 4 amide bonds. The molecule has 0 bridgehead atoms. The summed E-state index contributed by atoms with van der Waals surface area (Å²) in [6.07, 6.45) is -0.667. The molecule has 0 spiro atoms. The predicted molar refractivity (Wildman–Crippen MR) is 169 cm³/mol. The minimum absolute atomic E-state index is 0.00307. The maximum Gasteiger partial charge on any atom is 0.352 e. The highest BCUT2D eigenvalue weighted by molar-refractivity contribution is 8.01. The maximum absolute atomic E-state index is 13.2. The number of rotatable bonds is 15. The highest BCUT2D eigenvalue weighted by Gasteiger charge is 2.54. The standard InChI is InChI=1S/C25H27N9O11S3/c1-33-25(30-19(40)20(41)31-33)48-8-10-7-46-22-16(21(42)34(22)17(10)23(43)44)29-18(39)15(32-45-2)11-9-47-24(27-11)28-13(36)4-3-12(35)26-6-5-14(37)38/h9,16,22H,3-8H2,1-2H3,(H,26,35)(H,29,39)(H,31,41)(H,37,38)(H,43,44)(H,27,28,36)/b32-15-/t16-,22-/m1/s1. The van der Waals surface area contributed by atoms with E-state index in [1.807, 2.05) is 0 Å². The van der Waals surface area contributed by atoms with Crippen LogP contribution in [0.1, 0.15) is 25.0 Å². The molecular formula is C25H27N9O11S3. The molecule has 1 fully saturated rings. The van der Waals surface area contributed by atoms with E-state index in [4.69, 9.17) is 9.94 Å². The largest absolute Gasteiger partial charge is 0.481 e. The van der Waals surface area contributed by atoms with Gasteiger partial charge in [-0.15, -0.1) is 23.1 Å². The van der Waals surface area contributed by atoms with Crippen molar-refractivity contribution < 1.29 is 43.8 Å². The number of H-pyrrole nitrogens is 1. The van der Waals surface area contributed by atoms with Crippen LogP contribution in [0.2, 0.25) is 0 Å². The number of thioether (sulfide) groups is 2. The molecule has 23 heteroatoms. The van der Waals surface area contributed by atoms with Crippen molar-refractivity contribution in [3.8, 4) is 0 Å². The van der Waals surface area contributed by atoms with Crippen molar-refractivity contribution in [3.05, 3.63) is 43.1 Å².